The third-order valence-corrected chi connectivity index (χ3v) is 3.39. The maximum atomic E-state index is 2.39. The van der Waals surface area contributed by atoms with Crippen LogP contribution in [0.1, 0.15) is 52.4 Å². The third kappa shape index (κ3) is 6.73. The molecule has 18 heavy (non-hydrogen) atoms. The molecular weight excluding hydrogens is 220 g/mol. The van der Waals surface area contributed by atoms with Crippen LogP contribution in [0.4, 0.5) is 0 Å². The molecule has 2 heteroatoms. The Morgan fingerprint density at radius 1 is 0.667 bits per heavy atom. The summed E-state index contributed by atoms with van der Waals surface area (Å²) in [6.45, 7) is 9.44. The summed E-state index contributed by atoms with van der Waals surface area (Å²) in [4.78, 5) is 4.78. The van der Waals surface area contributed by atoms with Crippen molar-refractivity contribution in [3.05, 3.63) is 24.6 Å². The van der Waals surface area contributed by atoms with E-state index in [0.717, 1.165) is 12.8 Å². The average molecular weight is 250 g/mol. The van der Waals surface area contributed by atoms with E-state index in [9.17, 15) is 0 Å². The SMILES string of the molecule is CC/C=C/N1CCCC1.CC/C=C/N1CCCC1. The highest BCUT2D eigenvalue weighted by molar-refractivity contribution is 4.84. The molecule has 0 amide bonds. The van der Waals surface area contributed by atoms with Crippen LogP contribution in [-0.2, 0) is 0 Å². The van der Waals surface area contributed by atoms with Crippen molar-refractivity contribution < 1.29 is 0 Å². The van der Waals surface area contributed by atoms with Crippen molar-refractivity contribution >= 4 is 0 Å². The van der Waals surface area contributed by atoms with Gasteiger partial charge in [0.1, 0.15) is 0 Å². The van der Waals surface area contributed by atoms with E-state index in [1.165, 1.54) is 51.9 Å². The van der Waals surface area contributed by atoms with Crippen LogP contribution in [-0.4, -0.2) is 36.0 Å². The highest BCUT2D eigenvalue weighted by atomic mass is 15.1. The molecule has 0 spiro atoms. The van der Waals surface area contributed by atoms with Gasteiger partial charge in [-0.15, -0.1) is 0 Å². The molecule has 0 bridgehead atoms. The minimum atomic E-state index is 1.16. The summed E-state index contributed by atoms with van der Waals surface area (Å²) in [6, 6.07) is 0. The zero-order valence-corrected chi connectivity index (χ0v) is 12.3. The standard InChI is InChI=1S/2C8H15N/c2*1-2-3-6-9-7-4-5-8-9/h2*3,6H,2,4-5,7-8H2,1H3/b2*6-3+. The molecular formula is C16H30N2. The molecule has 2 aliphatic rings. The van der Waals surface area contributed by atoms with E-state index in [2.05, 4.69) is 48.2 Å². The first-order valence-electron chi connectivity index (χ1n) is 7.68. The molecule has 2 heterocycles. The Labute approximate surface area is 113 Å². The van der Waals surface area contributed by atoms with Crippen LogP contribution >= 0.6 is 0 Å². The molecule has 0 aromatic heterocycles. The van der Waals surface area contributed by atoms with Gasteiger partial charge >= 0.3 is 0 Å². The van der Waals surface area contributed by atoms with Gasteiger partial charge in [-0.1, -0.05) is 26.0 Å². The van der Waals surface area contributed by atoms with Crippen LogP contribution < -0.4 is 0 Å². The lowest BCUT2D eigenvalue weighted by Crippen LogP contribution is -2.09. The number of hydrogen-bond donors (Lipinski definition) is 0. The van der Waals surface area contributed by atoms with Gasteiger partial charge in [-0.3, -0.25) is 0 Å². The smallest absolute Gasteiger partial charge is 0.0173 e. The highest BCUT2D eigenvalue weighted by Crippen LogP contribution is 2.07. The summed E-state index contributed by atoms with van der Waals surface area (Å²) in [6.07, 6.45) is 16.8. The van der Waals surface area contributed by atoms with Crippen molar-refractivity contribution in [2.75, 3.05) is 26.2 Å². The predicted molar refractivity (Wildman–Crippen MR) is 80.5 cm³/mol. The zero-order chi connectivity index (χ0) is 13.1. The summed E-state index contributed by atoms with van der Waals surface area (Å²) in [5, 5.41) is 0. The molecule has 0 atom stereocenters. The lowest BCUT2D eigenvalue weighted by molar-refractivity contribution is 0.466. The van der Waals surface area contributed by atoms with Crippen molar-refractivity contribution in [3.8, 4) is 0 Å². The Morgan fingerprint density at radius 2 is 1.00 bits per heavy atom. The molecule has 0 N–H and O–H groups in total. The van der Waals surface area contributed by atoms with Gasteiger partial charge in [-0.05, 0) is 50.9 Å². The largest absolute Gasteiger partial charge is 0.378 e. The van der Waals surface area contributed by atoms with Crippen LogP contribution in [0.25, 0.3) is 0 Å². The Balaban J connectivity index is 0.000000180. The molecule has 0 saturated carbocycles. The maximum Gasteiger partial charge on any atom is 0.0173 e. The van der Waals surface area contributed by atoms with E-state index in [1.807, 2.05) is 0 Å². The molecule has 0 unspecified atom stereocenters. The van der Waals surface area contributed by atoms with Gasteiger partial charge < -0.3 is 9.80 Å². The molecule has 0 radical (unpaired) electrons. The summed E-state index contributed by atoms with van der Waals surface area (Å²) in [5.41, 5.74) is 0. The van der Waals surface area contributed by atoms with Gasteiger partial charge in [0, 0.05) is 26.2 Å². The van der Waals surface area contributed by atoms with Crippen LogP contribution in [0.2, 0.25) is 0 Å². The minimum Gasteiger partial charge on any atom is -0.378 e. The average Bonchev–Trinajstić information content (AvgIpc) is 3.07. The molecule has 2 rings (SSSR count). The van der Waals surface area contributed by atoms with Crippen molar-refractivity contribution in [1.29, 1.82) is 0 Å². The summed E-state index contributed by atoms with van der Waals surface area (Å²) in [7, 11) is 0. The number of likely N-dealkylation sites (tertiary alicyclic amines) is 2. The fourth-order valence-electron chi connectivity index (χ4n) is 2.29. The van der Waals surface area contributed by atoms with E-state index >= 15 is 0 Å². The van der Waals surface area contributed by atoms with Crippen LogP contribution in [0, 0.1) is 0 Å². The first-order chi connectivity index (χ1) is 8.86. The second kappa shape index (κ2) is 10.0. The normalized spacial score (nSPS) is 19.9. The van der Waals surface area contributed by atoms with E-state index in [4.69, 9.17) is 0 Å². The highest BCUT2D eigenvalue weighted by Gasteiger charge is 2.05. The second-order valence-corrected chi connectivity index (χ2v) is 5.07. The molecule has 2 aliphatic heterocycles. The first-order valence-corrected chi connectivity index (χ1v) is 7.68. The summed E-state index contributed by atoms with van der Waals surface area (Å²) >= 11 is 0. The molecule has 104 valence electrons. The molecule has 2 saturated heterocycles. The maximum absolute atomic E-state index is 2.39. The van der Waals surface area contributed by atoms with Gasteiger partial charge in [0.25, 0.3) is 0 Å². The quantitative estimate of drug-likeness (QED) is 0.744. The van der Waals surface area contributed by atoms with Gasteiger partial charge in [-0.25, -0.2) is 0 Å². The van der Waals surface area contributed by atoms with Crippen molar-refractivity contribution in [3.63, 3.8) is 0 Å². The van der Waals surface area contributed by atoms with Crippen LogP contribution in [0.5, 0.6) is 0 Å². The van der Waals surface area contributed by atoms with Gasteiger partial charge in [0.15, 0.2) is 0 Å². The summed E-state index contributed by atoms with van der Waals surface area (Å²) < 4.78 is 0. The van der Waals surface area contributed by atoms with Crippen molar-refractivity contribution in [1.82, 2.24) is 9.80 Å². The Bertz CT molecular complexity index is 207. The van der Waals surface area contributed by atoms with Gasteiger partial charge in [-0.2, -0.15) is 0 Å². The summed E-state index contributed by atoms with van der Waals surface area (Å²) in [5.74, 6) is 0. The topological polar surface area (TPSA) is 6.48 Å². The fraction of sp³-hybridized carbons (Fsp3) is 0.750. The van der Waals surface area contributed by atoms with E-state index in [0.29, 0.717) is 0 Å². The Kier molecular flexibility index (Phi) is 8.45. The van der Waals surface area contributed by atoms with E-state index < -0.39 is 0 Å². The number of rotatable bonds is 4. The Morgan fingerprint density at radius 3 is 1.28 bits per heavy atom. The monoisotopic (exact) mass is 250 g/mol. The van der Waals surface area contributed by atoms with Crippen LogP contribution in [0.3, 0.4) is 0 Å². The van der Waals surface area contributed by atoms with E-state index in [-0.39, 0.29) is 0 Å². The van der Waals surface area contributed by atoms with E-state index in [1.54, 1.807) is 0 Å². The molecule has 0 aliphatic carbocycles. The van der Waals surface area contributed by atoms with Crippen molar-refractivity contribution in [2.45, 2.75) is 52.4 Å². The van der Waals surface area contributed by atoms with Gasteiger partial charge in [0.2, 0.25) is 0 Å². The zero-order valence-electron chi connectivity index (χ0n) is 12.3. The predicted octanol–water partition coefficient (Wildman–Crippen LogP) is 4.01. The second-order valence-electron chi connectivity index (χ2n) is 5.07. The Hall–Kier alpha value is -0.920. The fourth-order valence-corrected chi connectivity index (χ4v) is 2.29. The molecule has 0 aromatic carbocycles. The van der Waals surface area contributed by atoms with Crippen LogP contribution in [0.15, 0.2) is 24.6 Å². The van der Waals surface area contributed by atoms with Crippen molar-refractivity contribution in [2.24, 2.45) is 0 Å². The lowest BCUT2D eigenvalue weighted by Gasteiger charge is -2.09. The third-order valence-electron chi connectivity index (χ3n) is 3.39. The minimum absolute atomic E-state index is 1.16. The number of hydrogen-bond acceptors (Lipinski definition) is 2. The van der Waals surface area contributed by atoms with Gasteiger partial charge in [0.05, 0.1) is 0 Å². The number of allylic oxidation sites excluding steroid dienone is 2. The number of nitrogens with zero attached hydrogens (tertiary/aromatic N) is 2. The molecule has 2 fully saturated rings. The molecule has 0 aromatic rings. The first kappa shape index (κ1) is 15.1. The lowest BCUT2D eigenvalue weighted by atomic mass is 10.4. The molecule has 2 nitrogen and oxygen atoms in total.